The van der Waals surface area contributed by atoms with E-state index < -0.39 is 35.7 Å². The Morgan fingerprint density at radius 1 is 1.29 bits per heavy atom. The number of methoxy groups -OCH3 is 1. The lowest BCUT2D eigenvalue weighted by Crippen LogP contribution is -2.34. The van der Waals surface area contributed by atoms with Crippen molar-refractivity contribution in [3.63, 3.8) is 0 Å². The van der Waals surface area contributed by atoms with E-state index in [1.54, 1.807) is 12.2 Å². The number of hydrazone groups is 1. The number of nitrogens with one attached hydrogen (secondary N) is 1. The van der Waals surface area contributed by atoms with Crippen LogP contribution in [0, 0.1) is 11.6 Å². The monoisotopic (exact) mass is 396 g/mol. The molecule has 0 bridgehead atoms. The van der Waals surface area contributed by atoms with Crippen molar-refractivity contribution in [3.8, 4) is 0 Å². The van der Waals surface area contributed by atoms with Crippen LogP contribution in [-0.2, 0) is 10.7 Å². The second-order valence-electron chi connectivity index (χ2n) is 5.86. The first-order valence-corrected chi connectivity index (χ1v) is 8.30. The van der Waals surface area contributed by atoms with Crippen molar-refractivity contribution in [2.24, 2.45) is 10.9 Å². The van der Waals surface area contributed by atoms with E-state index in [4.69, 9.17) is 10.6 Å². The Labute approximate surface area is 159 Å². The number of nitrogens with two attached hydrogens (primary N) is 1. The first-order chi connectivity index (χ1) is 13.4. The molecule has 0 fully saturated rings. The van der Waals surface area contributed by atoms with Crippen molar-refractivity contribution in [2.75, 3.05) is 20.3 Å². The SMILES string of the molecule is COC/C=C\c1ccc(C(F)(F)C(CN/C=N\N)c2ccc(F)cc2F)nc1. The summed E-state index contributed by atoms with van der Waals surface area (Å²) in [6, 6.07) is 5.11. The highest BCUT2D eigenvalue weighted by molar-refractivity contribution is 5.54. The molecule has 150 valence electrons. The van der Waals surface area contributed by atoms with E-state index in [0.717, 1.165) is 24.5 Å². The van der Waals surface area contributed by atoms with Crippen molar-refractivity contribution in [1.29, 1.82) is 0 Å². The Morgan fingerprint density at radius 2 is 2.07 bits per heavy atom. The van der Waals surface area contributed by atoms with Gasteiger partial charge < -0.3 is 15.9 Å². The molecule has 1 unspecified atom stereocenters. The highest BCUT2D eigenvalue weighted by Gasteiger charge is 2.44. The lowest BCUT2D eigenvalue weighted by Gasteiger charge is -2.27. The zero-order valence-electron chi connectivity index (χ0n) is 15.1. The van der Waals surface area contributed by atoms with Gasteiger partial charge in [0.15, 0.2) is 0 Å². The summed E-state index contributed by atoms with van der Waals surface area (Å²) in [6.07, 6.45) is 5.68. The molecule has 0 radical (unpaired) electrons. The average molecular weight is 396 g/mol. The summed E-state index contributed by atoms with van der Waals surface area (Å²) >= 11 is 0. The summed E-state index contributed by atoms with van der Waals surface area (Å²) in [5, 5.41) is 5.66. The van der Waals surface area contributed by atoms with Gasteiger partial charge in [-0.2, -0.15) is 13.9 Å². The van der Waals surface area contributed by atoms with Crippen LogP contribution in [0.15, 0.2) is 47.7 Å². The summed E-state index contributed by atoms with van der Waals surface area (Å²) in [6.45, 7) is -0.0222. The van der Waals surface area contributed by atoms with Gasteiger partial charge in [-0.3, -0.25) is 4.98 Å². The normalized spacial score (nSPS) is 13.3. The Morgan fingerprint density at radius 3 is 2.68 bits per heavy atom. The van der Waals surface area contributed by atoms with Crippen LogP contribution in [0.3, 0.4) is 0 Å². The molecule has 3 N–H and O–H groups in total. The molecule has 0 aliphatic heterocycles. The molecule has 0 amide bonds. The molecule has 0 saturated heterocycles. The second-order valence-corrected chi connectivity index (χ2v) is 5.86. The molecule has 5 nitrogen and oxygen atoms in total. The number of alkyl halides is 2. The van der Waals surface area contributed by atoms with Gasteiger partial charge in [-0.1, -0.05) is 24.3 Å². The van der Waals surface area contributed by atoms with E-state index >= 15 is 8.78 Å². The fraction of sp³-hybridized carbons (Fsp3) is 0.263. The number of halogens is 4. The highest BCUT2D eigenvalue weighted by atomic mass is 19.3. The maximum absolute atomic E-state index is 15.2. The van der Waals surface area contributed by atoms with Crippen LogP contribution in [0.5, 0.6) is 0 Å². The third-order valence-electron chi connectivity index (χ3n) is 3.96. The molecule has 0 aliphatic rings. The molecule has 2 rings (SSSR count). The summed E-state index contributed by atoms with van der Waals surface area (Å²) in [5.74, 6) is -2.20. The summed E-state index contributed by atoms with van der Waals surface area (Å²) in [7, 11) is 1.53. The smallest absolute Gasteiger partial charge is 0.298 e. The van der Waals surface area contributed by atoms with Crippen molar-refractivity contribution < 1.29 is 22.3 Å². The van der Waals surface area contributed by atoms with Gasteiger partial charge in [-0.05, 0) is 23.3 Å². The Hall–Kier alpha value is -2.94. The van der Waals surface area contributed by atoms with Gasteiger partial charge in [0.2, 0.25) is 0 Å². The molecule has 1 aromatic carbocycles. The van der Waals surface area contributed by atoms with Crippen LogP contribution < -0.4 is 11.2 Å². The standard InChI is InChI=1S/C19H20F4N4O/c1-28-8-2-3-13-4-7-18(26-10-13)19(22,23)16(11-25-12-27-24)15-6-5-14(20)9-17(15)21/h2-7,9-10,12,16H,8,11,24H2,1H3,(H,25,27)/b3-2-. The van der Waals surface area contributed by atoms with E-state index in [1.807, 2.05) is 0 Å². The lowest BCUT2D eigenvalue weighted by molar-refractivity contribution is -0.0377. The summed E-state index contributed by atoms with van der Waals surface area (Å²) in [4.78, 5) is 3.83. The molecule has 0 spiro atoms. The molecular weight excluding hydrogens is 376 g/mol. The number of hydrogen-bond acceptors (Lipinski definition) is 4. The van der Waals surface area contributed by atoms with Gasteiger partial charge in [0, 0.05) is 25.9 Å². The Kier molecular flexibility index (Phi) is 7.51. The minimum absolute atomic E-state index is 0.352. The first kappa shape index (κ1) is 21.4. The average Bonchev–Trinajstić information content (AvgIpc) is 2.67. The van der Waals surface area contributed by atoms with E-state index in [2.05, 4.69) is 15.4 Å². The van der Waals surface area contributed by atoms with E-state index in [1.165, 1.54) is 19.4 Å². The molecule has 2 aromatic rings. The molecule has 0 aliphatic carbocycles. The zero-order valence-corrected chi connectivity index (χ0v) is 15.1. The topological polar surface area (TPSA) is 72.5 Å². The number of pyridine rings is 1. The Bertz CT molecular complexity index is 825. The molecule has 1 atom stereocenters. The molecule has 0 saturated carbocycles. The number of rotatable bonds is 9. The number of hydrogen-bond donors (Lipinski definition) is 2. The lowest BCUT2D eigenvalue weighted by atomic mass is 9.89. The maximum Gasteiger partial charge on any atom is 0.298 e. The second kappa shape index (κ2) is 9.84. The van der Waals surface area contributed by atoms with E-state index in [9.17, 15) is 8.78 Å². The van der Waals surface area contributed by atoms with Crippen LogP contribution in [0.1, 0.15) is 22.7 Å². The van der Waals surface area contributed by atoms with Crippen LogP contribution in [-0.4, -0.2) is 31.6 Å². The van der Waals surface area contributed by atoms with Crippen molar-refractivity contribution in [3.05, 3.63) is 71.1 Å². The molecule has 1 aromatic heterocycles. The fourth-order valence-electron chi connectivity index (χ4n) is 2.60. The van der Waals surface area contributed by atoms with Crippen molar-refractivity contribution in [1.82, 2.24) is 10.3 Å². The van der Waals surface area contributed by atoms with Gasteiger partial charge in [-0.25, -0.2) is 8.78 Å². The van der Waals surface area contributed by atoms with Crippen LogP contribution in [0.25, 0.3) is 6.08 Å². The third kappa shape index (κ3) is 5.29. The predicted octanol–water partition coefficient (Wildman–Crippen LogP) is 3.39. The van der Waals surface area contributed by atoms with E-state index in [-0.39, 0.29) is 5.56 Å². The van der Waals surface area contributed by atoms with E-state index in [0.29, 0.717) is 18.2 Å². The van der Waals surface area contributed by atoms with Gasteiger partial charge >= 0.3 is 0 Å². The first-order valence-electron chi connectivity index (χ1n) is 8.30. The zero-order chi connectivity index (χ0) is 20.6. The quantitative estimate of drug-likeness (QED) is 0.224. The number of benzene rings is 1. The van der Waals surface area contributed by atoms with Crippen molar-refractivity contribution >= 4 is 12.4 Å². The minimum atomic E-state index is -3.55. The van der Waals surface area contributed by atoms with Gasteiger partial charge in [0.25, 0.3) is 5.92 Å². The molecular formula is C19H20F4N4O. The number of aromatic nitrogens is 1. The fourth-order valence-corrected chi connectivity index (χ4v) is 2.60. The van der Waals surface area contributed by atoms with Gasteiger partial charge in [0.05, 0.1) is 12.5 Å². The molecule has 28 heavy (non-hydrogen) atoms. The van der Waals surface area contributed by atoms with Crippen LogP contribution >= 0.6 is 0 Å². The highest BCUT2D eigenvalue weighted by Crippen LogP contribution is 2.42. The summed E-state index contributed by atoms with van der Waals surface area (Å²) in [5.41, 5.74) is -0.290. The number of ether oxygens (including phenoxy) is 1. The predicted molar refractivity (Wildman–Crippen MR) is 98.8 cm³/mol. The third-order valence-corrected chi connectivity index (χ3v) is 3.96. The van der Waals surface area contributed by atoms with Crippen LogP contribution in [0.4, 0.5) is 17.6 Å². The van der Waals surface area contributed by atoms with Crippen LogP contribution in [0.2, 0.25) is 0 Å². The molecule has 9 heteroatoms. The summed E-state index contributed by atoms with van der Waals surface area (Å²) < 4.78 is 62.6. The van der Waals surface area contributed by atoms with Gasteiger partial charge in [0.1, 0.15) is 23.7 Å². The van der Waals surface area contributed by atoms with Crippen molar-refractivity contribution in [2.45, 2.75) is 11.8 Å². The molecule has 1 heterocycles. The largest absolute Gasteiger partial charge is 0.381 e. The Balaban J connectivity index is 2.36. The minimum Gasteiger partial charge on any atom is -0.381 e. The number of nitrogens with zero attached hydrogens (tertiary/aromatic N) is 2. The maximum atomic E-state index is 15.2. The van der Waals surface area contributed by atoms with Gasteiger partial charge in [-0.15, -0.1) is 0 Å².